The zero-order valence-corrected chi connectivity index (χ0v) is 12.6. The van der Waals surface area contributed by atoms with Crippen LogP contribution in [0.1, 0.15) is 17.0 Å². The Hall–Kier alpha value is -1.07. The second-order valence-electron chi connectivity index (χ2n) is 4.85. The van der Waals surface area contributed by atoms with Gasteiger partial charge in [-0.1, -0.05) is 30.3 Å². The van der Waals surface area contributed by atoms with Gasteiger partial charge in [-0.3, -0.25) is 0 Å². The average Bonchev–Trinajstić information content (AvgIpc) is 2.85. The number of aliphatic hydroxyl groups excluding tert-OH is 1. The molecule has 2 aromatic carbocycles. The topological polar surface area (TPSA) is 29.5 Å². The monoisotopic (exact) mass is 366 g/mol. The van der Waals surface area contributed by atoms with E-state index in [2.05, 4.69) is 46.9 Å². The molecule has 0 saturated carbocycles. The highest BCUT2D eigenvalue weighted by Gasteiger charge is 2.29. The van der Waals surface area contributed by atoms with Crippen molar-refractivity contribution in [2.45, 2.75) is 18.4 Å². The minimum Gasteiger partial charge on any atom is -0.493 e. The van der Waals surface area contributed by atoms with Crippen molar-refractivity contribution in [2.24, 2.45) is 0 Å². The number of rotatable bonds is 3. The van der Waals surface area contributed by atoms with Crippen LogP contribution in [0.25, 0.3) is 0 Å². The third-order valence-electron chi connectivity index (χ3n) is 3.56. The van der Waals surface area contributed by atoms with Crippen LogP contribution in [0.2, 0.25) is 0 Å². The fraction of sp³-hybridized carbons (Fsp3) is 0.250. The predicted molar refractivity (Wildman–Crippen MR) is 83.5 cm³/mol. The first kappa shape index (κ1) is 12.9. The van der Waals surface area contributed by atoms with E-state index in [1.165, 1.54) is 3.57 Å². The van der Waals surface area contributed by atoms with Crippen LogP contribution >= 0.6 is 22.6 Å². The lowest BCUT2D eigenvalue weighted by Gasteiger charge is -2.17. The summed E-state index contributed by atoms with van der Waals surface area (Å²) in [7, 11) is 0. The van der Waals surface area contributed by atoms with Crippen LogP contribution in [-0.4, -0.2) is 17.8 Å². The fourth-order valence-electron chi connectivity index (χ4n) is 2.51. The van der Waals surface area contributed by atoms with Gasteiger partial charge in [-0.15, -0.1) is 0 Å². The lowest BCUT2D eigenvalue weighted by Crippen LogP contribution is -2.22. The molecule has 0 spiro atoms. The molecule has 2 nitrogen and oxygen atoms in total. The third-order valence-corrected chi connectivity index (χ3v) is 4.28. The summed E-state index contributed by atoms with van der Waals surface area (Å²) >= 11 is 2.29. The van der Waals surface area contributed by atoms with E-state index in [9.17, 15) is 5.11 Å². The molecule has 0 aromatic heterocycles. The van der Waals surface area contributed by atoms with E-state index in [4.69, 9.17) is 4.74 Å². The number of aliphatic hydroxyl groups is 1. The summed E-state index contributed by atoms with van der Waals surface area (Å²) in [4.78, 5) is 0. The second-order valence-corrected chi connectivity index (χ2v) is 6.10. The van der Waals surface area contributed by atoms with Gasteiger partial charge in [0.15, 0.2) is 0 Å². The fourth-order valence-corrected chi connectivity index (χ4v) is 2.87. The van der Waals surface area contributed by atoms with Crippen LogP contribution in [-0.2, 0) is 6.42 Å². The second kappa shape index (κ2) is 5.51. The van der Waals surface area contributed by atoms with E-state index >= 15 is 0 Å². The average molecular weight is 366 g/mol. The van der Waals surface area contributed by atoms with Crippen molar-refractivity contribution in [3.63, 3.8) is 0 Å². The molecule has 1 heterocycles. The molecular formula is C16H15IO2. The maximum atomic E-state index is 10.4. The van der Waals surface area contributed by atoms with Crippen molar-refractivity contribution in [1.29, 1.82) is 0 Å². The molecule has 1 N–H and O–H groups in total. The first-order chi connectivity index (χ1) is 9.24. The summed E-state index contributed by atoms with van der Waals surface area (Å²) in [5.41, 5.74) is 2.29. The Labute approximate surface area is 126 Å². The minimum atomic E-state index is -0.399. The van der Waals surface area contributed by atoms with Crippen LogP contribution in [0, 0.1) is 3.57 Å². The smallest absolute Gasteiger partial charge is 0.123 e. The molecule has 0 saturated heterocycles. The van der Waals surface area contributed by atoms with Gasteiger partial charge in [0, 0.05) is 15.1 Å². The molecule has 2 atom stereocenters. The molecule has 3 heteroatoms. The van der Waals surface area contributed by atoms with Crippen LogP contribution in [0.5, 0.6) is 5.75 Å². The largest absolute Gasteiger partial charge is 0.493 e. The molecular weight excluding hydrogens is 351 g/mol. The van der Waals surface area contributed by atoms with Crippen LogP contribution in [0.4, 0.5) is 0 Å². The molecule has 0 radical (unpaired) electrons. The zero-order chi connectivity index (χ0) is 13.2. The molecule has 98 valence electrons. The SMILES string of the molecule is OC(Cc1ccc(I)cc1)C1COc2ccccc21. The lowest BCUT2D eigenvalue weighted by molar-refractivity contribution is 0.129. The van der Waals surface area contributed by atoms with Crippen molar-refractivity contribution in [3.05, 3.63) is 63.2 Å². The quantitative estimate of drug-likeness (QED) is 0.845. The molecule has 2 unspecified atom stereocenters. The zero-order valence-electron chi connectivity index (χ0n) is 10.4. The number of hydrogen-bond acceptors (Lipinski definition) is 2. The molecule has 19 heavy (non-hydrogen) atoms. The number of para-hydroxylation sites is 1. The van der Waals surface area contributed by atoms with Gasteiger partial charge < -0.3 is 9.84 Å². The Balaban J connectivity index is 1.75. The first-order valence-electron chi connectivity index (χ1n) is 6.38. The Morgan fingerprint density at radius 1 is 1.16 bits per heavy atom. The maximum Gasteiger partial charge on any atom is 0.123 e. The van der Waals surface area contributed by atoms with Crippen LogP contribution in [0.15, 0.2) is 48.5 Å². The van der Waals surface area contributed by atoms with E-state index in [1.807, 2.05) is 24.3 Å². The lowest BCUT2D eigenvalue weighted by atomic mass is 9.91. The van der Waals surface area contributed by atoms with Gasteiger partial charge in [0.25, 0.3) is 0 Å². The molecule has 0 aliphatic carbocycles. The number of fused-ring (bicyclic) bond motifs is 1. The molecule has 0 fully saturated rings. The highest BCUT2D eigenvalue weighted by Crippen LogP contribution is 2.36. The van der Waals surface area contributed by atoms with Gasteiger partial charge in [0.2, 0.25) is 0 Å². The van der Waals surface area contributed by atoms with E-state index in [1.54, 1.807) is 0 Å². The number of ether oxygens (including phenoxy) is 1. The van der Waals surface area contributed by atoms with E-state index in [0.29, 0.717) is 13.0 Å². The third kappa shape index (κ3) is 2.77. The first-order valence-corrected chi connectivity index (χ1v) is 7.46. The van der Waals surface area contributed by atoms with E-state index in [-0.39, 0.29) is 5.92 Å². The summed E-state index contributed by atoms with van der Waals surface area (Å²) in [6, 6.07) is 16.3. The van der Waals surface area contributed by atoms with Crippen molar-refractivity contribution >= 4 is 22.6 Å². The van der Waals surface area contributed by atoms with E-state index in [0.717, 1.165) is 16.9 Å². The molecule has 0 amide bonds. The van der Waals surface area contributed by atoms with Crippen LogP contribution < -0.4 is 4.74 Å². The number of hydrogen-bond donors (Lipinski definition) is 1. The molecule has 2 aromatic rings. The Kier molecular flexibility index (Phi) is 3.75. The Morgan fingerprint density at radius 3 is 2.68 bits per heavy atom. The van der Waals surface area contributed by atoms with Crippen molar-refractivity contribution < 1.29 is 9.84 Å². The summed E-state index contributed by atoms with van der Waals surface area (Å²) < 4.78 is 6.84. The summed E-state index contributed by atoms with van der Waals surface area (Å²) in [6.45, 7) is 0.574. The highest BCUT2D eigenvalue weighted by atomic mass is 127. The summed E-state index contributed by atoms with van der Waals surface area (Å²) in [5, 5.41) is 10.4. The molecule has 0 bridgehead atoms. The van der Waals surface area contributed by atoms with Gasteiger partial charge >= 0.3 is 0 Å². The molecule has 3 rings (SSSR count). The van der Waals surface area contributed by atoms with Crippen molar-refractivity contribution in [2.75, 3.05) is 6.61 Å². The van der Waals surface area contributed by atoms with Crippen LogP contribution in [0.3, 0.4) is 0 Å². The standard InChI is InChI=1S/C16H15IO2/c17-12-7-5-11(6-8-12)9-15(18)14-10-19-16-4-2-1-3-13(14)16/h1-8,14-15,18H,9-10H2. The predicted octanol–water partition coefficient (Wildman–Crippen LogP) is 3.37. The minimum absolute atomic E-state index is 0.0791. The Morgan fingerprint density at radius 2 is 1.89 bits per heavy atom. The van der Waals surface area contributed by atoms with Gasteiger partial charge in [0.05, 0.1) is 12.7 Å². The highest BCUT2D eigenvalue weighted by molar-refractivity contribution is 14.1. The van der Waals surface area contributed by atoms with Crippen molar-refractivity contribution in [1.82, 2.24) is 0 Å². The number of halogens is 1. The van der Waals surface area contributed by atoms with E-state index < -0.39 is 6.10 Å². The molecule has 1 aliphatic rings. The molecule has 1 aliphatic heterocycles. The normalized spacial score (nSPS) is 18.7. The summed E-state index contributed by atoms with van der Waals surface area (Å²) in [5.74, 6) is 0.990. The van der Waals surface area contributed by atoms with Gasteiger partial charge in [0.1, 0.15) is 5.75 Å². The summed E-state index contributed by atoms with van der Waals surface area (Å²) in [6.07, 6.45) is 0.267. The maximum absolute atomic E-state index is 10.4. The Bertz CT molecular complexity index is 565. The van der Waals surface area contributed by atoms with Gasteiger partial charge in [-0.2, -0.15) is 0 Å². The van der Waals surface area contributed by atoms with Gasteiger partial charge in [-0.25, -0.2) is 0 Å². The number of benzene rings is 2. The van der Waals surface area contributed by atoms with Gasteiger partial charge in [-0.05, 0) is 52.8 Å². The van der Waals surface area contributed by atoms with Crippen molar-refractivity contribution in [3.8, 4) is 5.75 Å².